The maximum atomic E-state index is 8.35. The summed E-state index contributed by atoms with van der Waals surface area (Å²) in [7, 11) is 0. The normalized spacial score (nSPS) is 14.5. The molecule has 0 spiro atoms. The highest BCUT2D eigenvalue weighted by Gasteiger charge is 2.10. The van der Waals surface area contributed by atoms with Crippen LogP contribution in [-0.2, 0) is 9.59 Å². The first kappa shape index (κ1) is 16.2. The highest BCUT2D eigenvalue weighted by atomic mass is 16.1. The lowest BCUT2D eigenvalue weighted by atomic mass is 9.86. The molecule has 1 aliphatic carbocycles. The Hall–Kier alpha value is -1.24. The van der Waals surface area contributed by atoms with Crippen LogP contribution in [0.3, 0.4) is 0 Å². The lowest BCUT2D eigenvalue weighted by Gasteiger charge is -2.20. The summed E-state index contributed by atoms with van der Waals surface area (Å²) in [6.07, 6.45) is 11.9. The summed E-state index contributed by atoms with van der Waals surface area (Å²) in [4.78, 5) is 16.7. The van der Waals surface area contributed by atoms with Crippen molar-refractivity contribution < 1.29 is 9.59 Å². The molecule has 0 aliphatic heterocycles. The highest BCUT2D eigenvalue weighted by molar-refractivity contribution is 5.26. The number of hydrogen-bond donors (Lipinski definition) is 2. The fourth-order valence-electron chi connectivity index (χ4n) is 1.88. The second kappa shape index (κ2) is 15.2. The SMILES string of the molecule is CCCC1CCCCC1.N=C=O.N=C=O. The van der Waals surface area contributed by atoms with E-state index in [2.05, 4.69) is 6.92 Å². The molecule has 1 rings (SSSR count). The van der Waals surface area contributed by atoms with Crippen LogP contribution in [0.4, 0.5) is 0 Å². The van der Waals surface area contributed by atoms with E-state index in [1.165, 1.54) is 44.9 Å². The zero-order valence-corrected chi connectivity index (χ0v) is 9.34. The second-order valence-corrected chi connectivity index (χ2v) is 3.50. The van der Waals surface area contributed by atoms with Gasteiger partial charge in [0.25, 0.3) is 0 Å². The third kappa shape index (κ3) is 15.5. The summed E-state index contributed by atoms with van der Waals surface area (Å²) in [5.41, 5.74) is 0. The molecule has 1 fully saturated rings. The lowest BCUT2D eigenvalue weighted by molar-refractivity contribution is 0.336. The Morgan fingerprint density at radius 1 is 1.07 bits per heavy atom. The Kier molecular flexibility index (Phi) is 16.5. The van der Waals surface area contributed by atoms with E-state index in [1.807, 2.05) is 0 Å². The van der Waals surface area contributed by atoms with Crippen LogP contribution < -0.4 is 0 Å². The van der Waals surface area contributed by atoms with Crippen LogP contribution in [0.5, 0.6) is 0 Å². The van der Waals surface area contributed by atoms with Crippen molar-refractivity contribution in [2.24, 2.45) is 5.92 Å². The first-order valence-corrected chi connectivity index (χ1v) is 5.34. The Bertz CT molecular complexity index is 172. The van der Waals surface area contributed by atoms with Crippen LogP contribution in [0.25, 0.3) is 0 Å². The van der Waals surface area contributed by atoms with Gasteiger partial charge in [0.1, 0.15) is 0 Å². The molecule has 0 saturated heterocycles. The Balaban J connectivity index is 0. The molecule has 0 aromatic heterocycles. The Morgan fingerprint density at radius 3 is 1.80 bits per heavy atom. The third-order valence-corrected chi connectivity index (χ3v) is 2.42. The van der Waals surface area contributed by atoms with Gasteiger partial charge in [0.15, 0.2) is 0 Å². The fourth-order valence-corrected chi connectivity index (χ4v) is 1.88. The van der Waals surface area contributed by atoms with Crippen molar-refractivity contribution in [1.29, 1.82) is 10.8 Å². The van der Waals surface area contributed by atoms with Crippen molar-refractivity contribution in [1.82, 2.24) is 0 Å². The van der Waals surface area contributed by atoms with E-state index in [0.29, 0.717) is 0 Å². The van der Waals surface area contributed by atoms with Gasteiger partial charge >= 0.3 is 0 Å². The number of nitrogens with one attached hydrogen (secondary N) is 2. The second-order valence-electron chi connectivity index (χ2n) is 3.50. The minimum absolute atomic E-state index is 0.750. The zero-order chi connectivity index (χ0) is 11.9. The van der Waals surface area contributed by atoms with Crippen molar-refractivity contribution >= 4 is 12.2 Å². The number of hydrogen-bond acceptors (Lipinski definition) is 4. The molecule has 2 N–H and O–H groups in total. The van der Waals surface area contributed by atoms with Crippen molar-refractivity contribution in [3.63, 3.8) is 0 Å². The molecule has 0 atom stereocenters. The van der Waals surface area contributed by atoms with Crippen LogP contribution in [0.1, 0.15) is 51.9 Å². The smallest absolute Gasteiger partial charge is 0.222 e. The van der Waals surface area contributed by atoms with E-state index < -0.39 is 0 Å². The van der Waals surface area contributed by atoms with Gasteiger partial charge in [-0.25, -0.2) is 20.4 Å². The molecule has 0 bridgehead atoms. The number of carbonyl (C=O) groups excluding carboxylic acids is 2. The quantitative estimate of drug-likeness (QED) is 0.544. The van der Waals surface area contributed by atoms with Crippen molar-refractivity contribution in [3.8, 4) is 0 Å². The average Bonchev–Trinajstić information content (AvgIpc) is 2.22. The molecule has 0 amide bonds. The van der Waals surface area contributed by atoms with Gasteiger partial charge in [0.2, 0.25) is 12.2 Å². The first-order valence-electron chi connectivity index (χ1n) is 5.34. The zero-order valence-electron chi connectivity index (χ0n) is 9.34. The molecule has 0 unspecified atom stereocenters. The molecule has 0 aromatic rings. The summed E-state index contributed by atoms with van der Waals surface area (Å²) in [6.45, 7) is 2.30. The van der Waals surface area contributed by atoms with Crippen LogP contribution >= 0.6 is 0 Å². The predicted molar refractivity (Wildman–Crippen MR) is 58.3 cm³/mol. The number of rotatable bonds is 2. The summed E-state index contributed by atoms with van der Waals surface area (Å²) in [6, 6.07) is 0. The highest BCUT2D eigenvalue weighted by Crippen LogP contribution is 2.26. The van der Waals surface area contributed by atoms with Gasteiger partial charge in [0, 0.05) is 0 Å². The molecule has 15 heavy (non-hydrogen) atoms. The fraction of sp³-hybridized carbons (Fsp3) is 0.818. The maximum Gasteiger partial charge on any atom is 0.231 e. The van der Waals surface area contributed by atoms with E-state index in [1.54, 1.807) is 0 Å². The predicted octanol–water partition coefficient (Wildman–Crippen LogP) is 3.17. The summed E-state index contributed by atoms with van der Waals surface area (Å²) >= 11 is 0. The molecule has 4 heteroatoms. The molecular formula is C11H20N2O2. The minimum atomic E-state index is 0.750. The largest absolute Gasteiger partial charge is 0.231 e. The van der Waals surface area contributed by atoms with Crippen LogP contribution in [-0.4, -0.2) is 12.2 Å². The van der Waals surface area contributed by atoms with E-state index in [9.17, 15) is 0 Å². The molecule has 1 aliphatic rings. The first-order chi connectivity index (χ1) is 7.26. The topological polar surface area (TPSA) is 81.8 Å². The molecule has 0 radical (unpaired) electrons. The van der Waals surface area contributed by atoms with Gasteiger partial charge in [-0.05, 0) is 5.92 Å². The van der Waals surface area contributed by atoms with E-state index in [-0.39, 0.29) is 0 Å². The summed E-state index contributed by atoms with van der Waals surface area (Å²) in [5, 5.41) is 10.8. The molecule has 0 heterocycles. The molecular weight excluding hydrogens is 192 g/mol. The molecule has 4 nitrogen and oxygen atoms in total. The van der Waals surface area contributed by atoms with Gasteiger partial charge in [-0.15, -0.1) is 0 Å². The van der Waals surface area contributed by atoms with Crippen LogP contribution in [0, 0.1) is 16.7 Å². The van der Waals surface area contributed by atoms with E-state index in [0.717, 1.165) is 18.1 Å². The van der Waals surface area contributed by atoms with Gasteiger partial charge in [-0.3, -0.25) is 0 Å². The standard InChI is InChI=1S/C9H18.2CHNO/c1-2-6-9-7-4-3-5-8-9;2*2-1-3/h9H,2-8H2,1H3;2*2H. The van der Waals surface area contributed by atoms with Gasteiger partial charge in [-0.2, -0.15) is 0 Å². The van der Waals surface area contributed by atoms with Crippen molar-refractivity contribution in [2.45, 2.75) is 51.9 Å². The lowest BCUT2D eigenvalue weighted by Crippen LogP contribution is -2.04. The third-order valence-electron chi connectivity index (χ3n) is 2.42. The Morgan fingerprint density at radius 2 is 1.47 bits per heavy atom. The minimum Gasteiger partial charge on any atom is -0.222 e. The number of isocyanates is 2. The van der Waals surface area contributed by atoms with Crippen molar-refractivity contribution in [2.75, 3.05) is 0 Å². The van der Waals surface area contributed by atoms with Gasteiger partial charge in [0.05, 0.1) is 0 Å². The monoisotopic (exact) mass is 212 g/mol. The summed E-state index contributed by atoms with van der Waals surface area (Å²) in [5.74, 6) is 1.10. The van der Waals surface area contributed by atoms with Crippen LogP contribution in [0.2, 0.25) is 0 Å². The van der Waals surface area contributed by atoms with Gasteiger partial charge < -0.3 is 0 Å². The maximum absolute atomic E-state index is 8.35. The van der Waals surface area contributed by atoms with Crippen molar-refractivity contribution in [3.05, 3.63) is 0 Å². The van der Waals surface area contributed by atoms with Crippen LogP contribution in [0.15, 0.2) is 0 Å². The molecule has 86 valence electrons. The molecule has 1 saturated carbocycles. The molecule has 0 aromatic carbocycles. The van der Waals surface area contributed by atoms with Gasteiger partial charge in [-0.1, -0.05) is 51.9 Å². The van der Waals surface area contributed by atoms with E-state index >= 15 is 0 Å². The Labute approximate surface area is 91.1 Å². The average molecular weight is 212 g/mol. The van der Waals surface area contributed by atoms with E-state index in [4.69, 9.17) is 20.4 Å². The summed E-state index contributed by atoms with van der Waals surface area (Å²) < 4.78 is 0.